The van der Waals surface area contributed by atoms with E-state index in [1.54, 1.807) is 0 Å². The molecule has 0 N–H and O–H groups in total. The van der Waals surface area contributed by atoms with Crippen molar-refractivity contribution in [2.24, 2.45) is 5.41 Å². The van der Waals surface area contributed by atoms with Crippen molar-refractivity contribution in [1.29, 1.82) is 0 Å². The summed E-state index contributed by atoms with van der Waals surface area (Å²) in [6, 6.07) is 1.96. The Kier molecular flexibility index (Phi) is 4.89. The van der Waals surface area contributed by atoms with Crippen LogP contribution in [0.4, 0.5) is 22.0 Å². The zero-order chi connectivity index (χ0) is 17.3. The van der Waals surface area contributed by atoms with Gasteiger partial charge in [-0.05, 0) is 25.0 Å². The molecule has 1 fully saturated rings. The fraction of sp³-hybridized carbons (Fsp3) is 0.571. The molecule has 1 aromatic rings. The number of hydrogen-bond donors (Lipinski definition) is 0. The van der Waals surface area contributed by atoms with Gasteiger partial charge in [-0.3, -0.25) is 0 Å². The molecule has 1 aromatic carbocycles. The van der Waals surface area contributed by atoms with Gasteiger partial charge in [0, 0.05) is 6.07 Å². The molecule has 1 aliphatic carbocycles. The summed E-state index contributed by atoms with van der Waals surface area (Å²) >= 11 is 0. The highest BCUT2D eigenvalue weighted by molar-refractivity contribution is 7.87. The molecular weight excluding hydrogens is 343 g/mol. The minimum Gasteiger partial charge on any atom is -0.382 e. The molecule has 3 nitrogen and oxygen atoms in total. The second-order valence-corrected chi connectivity index (χ2v) is 7.27. The fourth-order valence-corrected chi connectivity index (χ4v) is 4.37. The lowest BCUT2D eigenvalue weighted by Gasteiger charge is -2.38. The molecule has 0 radical (unpaired) electrons. The first-order valence-corrected chi connectivity index (χ1v) is 8.56. The van der Waals surface area contributed by atoms with Gasteiger partial charge in [-0.1, -0.05) is 19.3 Å². The second-order valence-electron chi connectivity index (χ2n) is 5.70. The van der Waals surface area contributed by atoms with Crippen LogP contribution < -0.4 is 4.18 Å². The van der Waals surface area contributed by atoms with Crippen molar-refractivity contribution in [3.8, 4) is 5.75 Å². The van der Waals surface area contributed by atoms with Crippen molar-refractivity contribution in [3.63, 3.8) is 0 Å². The number of halogens is 5. The topological polar surface area (TPSA) is 43.4 Å². The minimum atomic E-state index is -4.68. The van der Waals surface area contributed by atoms with Crippen molar-refractivity contribution < 1.29 is 34.6 Å². The molecule has 0 atom stereocenters. The van der Waals surface area contributed by atoms with Crippen LogP contribution in [0.2, 0.25) is 0 Å². The largest absolute Gasteiger partial charge is 0.395 e. The minimum absolute atomic E-state index is 0.278. The maximum Gasteiger partial charge on any atom is 0.395 e. The first-order valence-electron chi connectivity index (χ1n) is 6.99. The normalized spacial score (nSPS) is 18.7. The van der Waals surface area contributed by atoms with E-state index in [1.165, 1.54) is 0 Å². The number of alkyl halides is 3. The third kappa shape index (κ3) is 4.13. The van der Waals surface area contributed by atoms with E-state index < -0.39 is 44.8 Å². The quantitative estimate of drug-likeness (QED) is 0.599. The Morgan fingerprint density at radius 1 is 1.04 bits per heavy atom. The van der Waals surface area contributed by atoms with Crippen molar-refractivity contribution in [3.05, 3.63) is 29.8 Å². The molecule has 0 heterocycles. The maximum absolute atomic E-state index is 13.4. The highest BCUT2D eigenvalue weighted by Gasteiger charge is 2.57. The van der Waals surface area contributed by atoms with Crippen LogP contribution in [-0.2, 0) is 10.1 Å². The number of rotatable bonds is 4. The van der Waals surface area contributed by atoms with Gasteiger partial charge >= 0.3 is 16.3 Å². The molecule has 1 aliphatic rings. The van der Waals surface area contributed by atoms with Gasteiger partial charge < -0.3 is 4.18 Å². The molecule has 0 aliphatic heterocycles. The van der Waals surface area contributed by atoms with Crippen LogP contribution in [0.5, 0.6) is 5.75 Å². The van der Waals surface area contributed by atoms with Crippen molar-refractivity contribution in [1.82, 2.24) is 0 Å². The zero-order valence-corrected chi connectivity index (χ0v) is 12.8. The summed E-state index contributed by atoms with van der Waals surface area (Å²) in [4.78, 5) is 0. The third-order valence-electron chi connectivity index (χ3n) is 3.98. The van der Waals surface area contributed by atoms with Gasteiger partial charge in [0.15, 0.2) is 11.6 Å². The van der Waals surface area contributed by atoms with E-state index in [0.29, 0.717) is 18.6 Å². The average Bonchev–Trinajstić information content (AvgIpc) is 2.42. The van der Waals surface area contributed by atoms with E-state index in [4.69, 9.17) is 0 Å². The van der Waals surface area contributed by atoms with E-state index in [1.807, 2.05) is 0 Å². The molecule has 0 aromatic heterocycles. The molecule has 0 amide bonds. The Hall–Kier alpha value is -1.38. The highest BCUT2D eigenvalue weighted by Crippen LogP contribution is 2.49. The summed E-state index contributed by atoms with van der Waals surface area (Å²) < 4.78 is 94.4. The molecule has 2 rings (SSSR count). The first kappa shape index (κ1) is 18.0. The summed E-state index contributed by atoms with van der Waals surface area (Å²) in [5.74, 6) is -4.35. The van der Waals surface area contributed by atoms with E-state index in [0.717, 1.165) is 6.07 Å². The molecule has 0 bridgehead atoms. The first-order chi connectivity index (χ1) is 10.5. The predicted molar refractivity (Wildman–Crippen MR) is 72.3 cm³/mol. The Morgan fingerprint density at radius 3 is 2.17 bits per heavy atom. The van der Waals surface area contributed by atoms with Crippen LogP contribution in [0.15, 0.2) is 18.2 Å². The summed E-state index contributed by atoms with van der Waals surface area (Å²) in [7, 11) is -4.61. The molecular formula is C14H15F5O3S. The monoisotopic (exact) mass is 358 g/mol. The van der Waals surface area contributed by atoms with Crippen LogP contribution >= 0.6 is 0 Å². The van der Waals surface area contributed by atoms with Gasteiger partial charge in [-0.25, -0.2) is 8.78 Å². The van der Waals surface area contributed by atoms with Crippen LogP contribution in [-0.4, -0.2) is 20.3 Å². The fourth-order valence-electron chi connectivity index (χ4n) is 2.78. The lowest BCUT2D eigenvalue weighted by Crippen LogP contribution is -2.46. The zero-order valence-electron chi connectivity index (χ0n) is 12.0. The van der Waals surface area contributed by atoms with E-state index in [2.05, 4.69) is 4.18 Å². The molecule has 130 valence electrons. The van der Waals surface area contributed by atoms with Gasteiger partial charge in [-0.15, -0.1) is 0 Å². The highest BCUT2D eigenvalue weighted by atomic mass is 32.2. The van der Waals surface area contributed by atoms with Crippen molar-refractivity contribution in [2.75, 3.05) is 5.75 Å². The Balaban J connectivity index is 2.22. The lowest BCUT2D eigenvalue weighted by atomic mass is 9.75. The molecule has 0 spiro atoms. The molecule has 0 saturated heterocycles. The van der Waals surface area contributed by atoms with Gasteiger partial charge in [0.2, 0.25) is 0 Å². The SMILES string of the molecule is O=S(=O)(CC1(C(F)(F)F)CCCCC1)Oc1ccc(F)c(F)c1. The molecule has 0 unspecified atom stereocenters. The summed E-state index contributed by atoms with van der Waals surface area (Å²) in [6.07, 6.45) is -4.10. The van der Waals surface area contributed by atoms with Crippen LogP contribution in [0.1, 0.15) is 32.1 Å². The van der Waals surface area contributed by atoms with Crippen LogP contribution in [0.3, 0.4) is 0 Å². The van der Waals surface area contributed by atoms with Crippen LogP contribution in [0.25, 0.3) is 0 Å². The maximum atomic E-state index is 13.4. The standard InChI is InChI=1S/C14H15F5O3S/c15-11-5-4-10(8-12(11)16)22-23(20,21)9-13(14(17,18)19)6-2-1-3-7-13/h4-5,8H,1-3,6-7,9H2. The van der Waals surface area contributed by atoms with Gasteiger partial charge in [0.05, 0.1) is 5.41 Å². The van der Waals surface area contributed by atoms with Gasteiger partial charge in [0.1, 0.15) is 11.5 Å². The Labute approximate surface area is 130 Å². The van der Waals surface area contributed by atoms with E-state index in [-0.39, 0.29) is 25.7 Å². The van der Waals surface area contributed by atoms with E-state index >= 15 is 0 Å². The third-order valence-corrected chi connectivity index (χ3v) is 5.33. The predicted octanol–water partition coefficient (Wildman–Crippen LogP) is 4.19. The smallest absolute Gasteiger partial charge is 0.382 e. The lowest BCUT2D eigenvalue weighted by molar-refractivity contribution is -0.226. The summed E-state index contributed by atoms with van der Waals surface area (Å²) in [5, 5.41) is 0. The van der Waals surface area contributed by atoms with E-state index in [9.17, 15) is 30.4 Å². The second kappa shape index (κ2) is 6.26. The Morgan fingerprint density at radius 2 is 1.65 bits per heavy atom. The average molecular weight is 358 g/mol. The van der Waals surface area contributed by atoms with Crippen LogP contribution in [0, 0.1) is 17.0 Å². The van der Waals surface area contributed by atoms with Gasteiger partial charge in [0.25, 0.3) is 0 Å². The number of benzene rings is 1. The van der Waals surface area contributed by atoms with Crippen molar-refractivity contribution in [2.45, 2.75) is 38.3 Å². The molecule has 1 saturated carbocycles. The Bertz CT molecular complexity index is 663. The molecule has 23 heavy (non-hydrogen) atoms. The van der Waals surface area contributed by atoms with Crippen molar-refractivity contribution >= 4 is 10.1 Å². The van der Waals surface area contributed by atoms with Gasteiger partial charge in [-0.2, -0.15) is 21.6 Å². The number of hydrogen-bond acceptors (Lipinski definition) is 3. The summed E-state index contributed by atoms with van der Waals surface area (Å²) in [6.45, 7) is 0. The summed E-state index contributed by atoms with van der Waals surface area (Å²) in [5.41, 5.74) is -2.36. The molecule has 9 heteroatoms.